The third kappa shape index (κ3) is 5.30. The summed E-state index contributed by atoms with van der Waals surface area (Å²) in [5, 5.41) is 14.8. The predicted molar refractivity (Wildman–Crippen MR) is 117 cm³/mol. The number of aliphatic hydroxyl groups excluding tert-OH is 1. The van der Waals surface area contributed by atoms with Gasteiger partial charge in [0.2, 0.25) is 6.23 Å². The van der Waals surface area contributed by atoms with Crippen LogP contribution in [0, 0.1) is 0 Å². The molecule has 1 aromatic carbocycles. The fourth-order valence-corrected chi connectivity index (χ4v) is 7.25. The van der Waals surface area contributed by atoms with E-state index < -0.39 is 16.3 Å². The summed E-state index contributed by atoms with van der Waals surface area (Å²) >= 11 is 7.86. The lowest BCUT2D eigenvalue weighted by Gasteiger charge is -2.40. The van der Waals surface area contributed by atoms with Gasteiger partial charge in [0.25, 0.3) is 0 Å². The highest BCUT2D eigenvalue weighted by Gasteiger charge is 2.48. The van der Waals surface area contributed by atoms with E-state index in [9.17, 15) is 13.5 Å². The van der Waals surface area contributed by atoms with E-state index in [0.29, 0.717) is 23.3 Å². The molecule has 1 saturated carbocycles. The first-order valence-corrected chi connectivity index (χ1v) is 12.9. The van der Waals surface area contributed by atoms with Gasteiger partial charge in [-0.05, 0) is 38.0 Å². The second-order valence-electron chi connectivity index (χ2n) is 7.71. The van der Waals surface area contributed by atoms with Gasteiger partial charge < -0.3 is 22.1 Å². The Labute approximate surface area is 199 Å². The van der Waals surface area contributed by atoms with Crippen LogP contribution in [-0.2, 0) is 10.0 Å². The number of likely N-dealkylation sites (N-methyl/N-ethyl adjacent to an activating group) is 1. The molecule has 1 saturated heterocycles. The molecule has 1 aliphatic heterocycles. The summed E-state index contributed by atoms with van der Waals surface area (Å²) in [4.78, 5) is -0.0222. The minimum absolute atomic E-state index is 0. The molecule has 1 heterocycles. The van der Waals surface area contributed by atoms with Gasteiger partial charge in [-0.25, -0.2) is 0 Å². The maximum absolute atomic E-state index is 12.9. The topological polar surface area (TPSA) is 79.1 Å². The van der Waals surface area contributed by atoms with E-state index in [0.717, 1.165) is 31.2 Å². The Bertz CT molecular complexity index is 878. The van der Waals surface area contributed by atoms with Crippen molar-refractivity contribution in [2.75, 3.05) is 18.8 Å². The van der Waals surface area contributed by atoms with Gasteiger partial charge in [-0.15, -0.1) is 0 Å². The Morgan fingerprint density at radius 1 is 1.33 bits per heavy atom. The molecule has 168 valence electrons. The van der Waals surface area contributed by atoms with Crippen LogP contribution < -0.4 is 17.0 Å². The van der Waals surface area contributed by atoms with Gasteiger partial charge in [-0.2, -0.15) is 13.5 Å². The van der Waals surface area contributed by atoms with Crippen LogP contribution >= 0.6 is 23.4 Å². The van der Waals surface area contributed by atoms with Crippen molar-refractivity contribution in [2.24, 2.45) is 9.63 Å². The summed E-state index contributed by atoms with van der Waals surface area (Å²) in [6.45, 7) is 7.17. The van der Waals surface area contributed by atoms with Gasteiger partial charge in [-0.3, -0.25) is 4.48 Å². The first kappa shape index (κ1) is 25.8. The quantitative estimate of drug-likeness (QED) is 0.327. The van der Waals surface area contributed by atoms with Gasteiger partial charge in [0.05, 0.1) is 23.4 Å². The number of nitrogens with zero attached hydrogens (tertiary/aromatic N) is 3. The average molecular weight is 539 g/mol. The highest BCUT2D eigenvalue weighted by atomic mass is 79.9. The van der Waals surface area contributed by atoms with E-state index in [1.165, 1.54) is 6.42 Å². The van der Waals surface area contributed by atoms with Crippen LogP contribution in [0.25, 0.3) is 0 Å². The third-order valence-electron chi connectivity index (χ3n) is 5.93. The van der Waals surface area contributed by atoms with Crippen LogP contribution in [0.3, 0.4) is 0 Å². The summed E-state index contributed by atoms with van der Waals surface area (Å²) in [5.74, 6) is 0.582. The number of thioether (sulfide) groups is 1. The molecule has 0 aromatic heterocycles. The van der Waals surface area contributed by atoms with Crippen molar-refractivity contribution in [1.82, 2.24) is 0 Å². The van der Waals surface area contributed by atoms with Crippen molar-refractivity contribution in [3.8, 4) is 0 Å². The first-order valence-electron chi connectivity index (χ1n) is 10.1. The Kier molecular flexibility index (Phi) is 9.39. The SMILES string of the molecule is C=CC[N+]1(CC)C(O)CSC1c1ccc(Cl)c(S(=O)(=O)N=NC2CCCCC2)c1.[Br-]. The van der Waals surface area contributed by atoms with E-state index >= 15 is 0 Å². The lowest BCUT2D eigenvalue weighted by Crippen LogP contribution is -3.00. The van der Waals surface area contributed by atoms with Crippen LogP contribution in [-0.4, -0.2) is 49.1 Å². The molecule has 0 bridgehead atoms. The average Bonchev–Trinajstić information content (AvgIpc) is 3.04. The van der Waals surface area contributed by atoms with Crippen LogP contribution in [0.4, 0.5) is 0 Å². The summed E-state index contributed by atoms with van der Waals surface area (Å²) in [6, 6.07) is 5.00. The summed E-state index contributed by atoms with van der Waals surface area (Å²) in [7, 11) is -3.98. The van der Waals surface area contributed by atoms with Gasteiger partial charge in [0.15, 0.2) is 5.37 Å². The molecule has 3 atom stereocenters. The van der Waals surface area contributed by atoms with E-state index in [1.807, 2.05) is 13.0 Å². The second kappa shape index (κ2) is 10.9. The highest BCUT2D eigenvalue weighted by Crippen LogP contribution is 2.47. The van der Waals surface area contributed by atoms with Crippen molar-refractivity contribution in [3.63, 3.8) is 0 Å². The van der Waals surface area contributed by atoms with Crippen LogP contribution in [0.15, 0.2) is 45.4 Å². The van der Waals surface area contributed by atoms with Crippen molar-refractivity contribution in [1.29, 1.82) is 0 Å². The molecule has 0 spiro atoms. The van der Waals surface area contributed by atoms with Crippen LogP contribution in [0.2, 0.25) is 5.02 Å². The number of quaternary nitrogens is 1. The molecule has 30 heavy (non-hydrogen) atoms. The van der Waals surface area contributed by atoms with E-state index in [1.54, 1.807) is 30.0 Å². The molecule has 1 aliphatic carbocycles. The molecule has 10 heteroatoms. The molecular formula is C20H29BrClN3O3S2. The molecule has 0 radical (unpaired) electrons. The number of rotatable bonds is 7. The van der Waals surface area contributed by atoms with E-state index in [-0.39, 0.29) is 38.3 Å². The standard InChI is InChI=1S/C20H29ClN3O3S2.BrH/c1-3-12-24(4-2)19(25)14-28-20(24)15-10-11-17(21)18(13-15)29(26,27)23-22-16-8-6-5-7-9-16;/h3,10-11,13,16,19-20,25H,1,4-9,12,14H2,2H3;1H/q+1;/p-1. The van der Waals surface area contributed by atoms with Gasteiger partial charge in [0.1, 0.15) is 11.4 Å². The zero-order valence-electron chi connectivity index (χ0n) is 17.1. The van der Waals surface area contributed by atoms with Gasteiger partial charge in [-0.1, -0.05) is 59.8 Å². The first-order chi connectivity index (χ1) is 13.8. The fourth-order valence-electron chi connectivity index (χ4n) is 4.23. The Morgan fingerprint density at radius 3 is 2.67 bits per heavy atom. The maximum Gasteiger partial charge on any atom is 0.300 e. The Hall–Kier alpha value is -0.450. The fraction of sp³-hybridized carbons (Fsp3) is 0.600. The second-order valence-corrected chi connectivity index (χ2v) is 10.8. The van der Waals surface area contributed by atoms with Crippen molar-refractivity contribution in [2.45, 2.75) is 61.6 Å². The van der Waals surface area contributed by atoms with Gasteiger partial charge >= 0.3 is 10.0 Å². The molecule has 0 amide bonds. The third-order valence-corrected chi connectivity index (χ3v) is 9.08. The number of aliphatic hydroxyl groups is 1. The molecule has 3 unspecified atom stereocenters. The molecule has 6 nitrogen and oxygen atoms in total. The van der Waals surface area contributed by atoms with Crippen molar-refractivity contribution < 1.29 is 35.0 Å². The normalized spacial score (nSPS) is 27.8. The summed E-state index contributed by atoms with van der Waals surface area (Å²) < 4.78 is 29.9. The minimum atomic E-state index is -3.98. The Morgan fingerprint density at radius 2 is 2.03 bits per heavy atom. The Balaban J connectivity index is 0.00000320. The molecule has 1 aromatic rings. The summed E-state index contributed by atoms with van der Waals surface area (Å²) in [6.07, 6.45) is 6.30. The lowest BCUT2D eigenvalue weighted by atomic mass is 9.96. The number of sulfonamides is 1. The smallest absolute Gasteiger partial charge is 0.300 e. The number of hydrogen-bond donors (Lipinski definition) is 1. The molecular weight excluding hydrogens is 510 g/mol. The maximum atomic E-state index is 12.9. The molecule has 2 aliphatic rings. The zero-order valence-corrected chi connectivity index (χ0v) is 21.1. The number of halogens is 2. The highest BCUT2D eigenvalue weighted by molar-refractivity contribution is 7.99. The van der Waals surface area contributed by atoms with Crippen LogP contribution in [0.1, 0.15) is 50.0 Å². The van der Waals surface area contributed by atoms with E-state index in [2.05, 4.69) is 16.2 Å². The monoisotopic (exact) mass is 537 g/mol. The summed E-state index contributed by atoms with van der Waals surface area (Å²) in [5.41, 5.74) is 0.811. The molecule has 1 N–H and O–H groups in total. The molecule has 3 rings (SSSR count). The minimum Gasteiger partial charge on any atom is -1.00 e. The van der Waals surface area contributed by atoms with Crippen molar-refractivity contribution >= 4 is 33.4 Å². The van der Waals surface area contributed by atoms with Crippen LogP contribution in [0.5, 0.6) is 0 Å². The zero-order chi connectivity index (χ0) is 21.1. The van der Waals surface area contributed by atoms with Gasteiger partial charge in [0, 0.05) is 5.56 Å². The lowest BCUT2D eigenvalue weighted by molar-refractivity contribution is -0.971. The number of benzene rings is 1. The predicted octanol–water partition coefficient (Wildman–Crippen LogP) is 1.90. The van der Waals surface area contributed by atoms with E-state index in [4.69, 9.17) is 11.6 Å². The number of hydrogen-bond acceptors (Lipinski definition) is 5. The van der Waals surface area contributed by atoms with Crippen molar-refractivity contribution in [3.05, 3.63) is 41.4 Å². The largest absolute Gasteiger partial charge is 1.00 e. The molecule has 2 fully saturated rings.